The molecule has 0 unspecified atom stereocenters. The molecule has 0 saturated carbocycles. The molecular weight excluding hydrogens is 248 g/mol. The van der Waals surface area contributed by atoms with Crippen LogP contribution in [0.25, 0.3) is 0 Å². The maximum absolute atomic E-state index is 11.3. The number of benzene rings is 1. The highest BCUT2D eigenvalue weighted by Gasteiger charge is 2.14. The Bertz CT molecular complexity index is 482. The van der Waals surface area contributed by atoms with Crippen molar-refractivity contribution in [2.45, 2.75) is 12.4 Å². The molecule has 0 bridgehead atoms. The van der Waals surface area contributed by atoms with Gasteiger partial charge in [-0.25, -0.2) is 4.79 Å². The summed E-state index contributed by atoms with van der Waals surface area (Å²) < 4.78 is 14.4. The normalized spacial score (nSPS) is 11.6. The summed E-state index contributed by atoms with van der Waals surface area (Å²) in [4.78, 5) is 11.3. The van der Waals surface area contributed by atoms with Crippen LogP contribution in [-0.4, -0.2) is 44.8 Å². The zero-order chi connectivity index (χ0) is 14.3. The van der Waals surface area contributed by atoms with Gasteiger partial charge in [-0.2, -0.15) is 0 Å². The molecule has 0 aliphatic carbocycles. The molecule has 0 radical (unpaired) electrons. The predicted octanol–water partition coefficient (Wildman–Crippen LogP) is 0.804. The Balaban J connectivity index is 2.86. The first-order chi connectivity index (χ1) is 9.12. The molecule has 0 saturated heterocycles. The average molecular weight is 264 g/mol. The van der Waals surface area contributed by atoms with E-state index in [2.05, 4.69) is 16.6 Å². The van der Waals surface area contributed by atoms with Gasteiger partial charge in [-0.05, 0) is 18.2 Å². The minimum atomic E-state index is -1.07. The predicted molar refractivity (Wildman–Crippen MR) is 68.5 cm³/mol. The van der Waals surface area contributed by atoms with Gasteiger partial charge in [0.15, 0.2) is 12.4 Å². The van der Waals surface area contributed by atoms with Gasteiger partial charge in [0.1, 0.15) is 0 Å². The lowest BCUT2D eigenvalue weighted by Gasteiger charge is -2.14. The van der Waals surface area contributed by atoms with Gasteiger partial charge in [0.2, 0.25) is 0 Å². The molecule has 5 nitrogen and oxygen atoms in total. The van der Waals surface area contributed by atoms with E-state index in [1.165, 1.54) is 21.3 Å². The van der Waals surface area contributed by atoms with Crippen LogP contribution in [-0.2, 0) is 14.2 Å². The van der Waals surface area contributed by atoms with E-state index in [-0.39, 0.29) is 0 Å². The van der Waals surface area contributed by atoms with E-state index in [1.54, 1.807) is 24.3 Å². The number of carbonyl (C=O) groups is 1. The third-order valence-corrected chi connectivity index (χ3v) is 2.37. The first-order valence-corrected chi connectivity index (χ1v) is 5.56. The first-order valence-electron chi connectivity index (χ1n) is 5.56. The molecule has 1 aromatic carbocycles. The van der Waals surface area contributed by atoms with Crippen LogP contribution in [0.15, 0.2) is 24.3 Å². The minimum absolute atomic E-state index is 0.402. The smallest absolute Gasteiger partial charge is 0.337 e. The Morgan fingerprint density at radius 1 is 1.26 bits per heavy atom. The Hall–Kier alpha value is -1.87. The summed E-state index contributed by atoms with van der Waals surface area (Å²) in [6.45, 7) is 0. The molecule has 1 atom stereocenters. The lowest BCUT2D eigenvalue weighted by molar-refractivity contribution is -0.147. The van der Waals surface area contributed by atoms with Gasteiger partial charge in [0.05, 0.1) is 12.7 Å². The molecule has 102 valence electrons. The Labute approximate surface area is 112 Å². The molecule has 1 aromatic rings. The molecule has 0 aromatic heterocycles. The number of methoxy groups -OCH3 is 3. The van der Waals surface area contributed by atoms with Crippen molar-refractivity contribution < 1.29 is 24.1 Å². The fourth-order valence-electron chi connectivity index (χ4n) is 1.42. The maximum atomic E-state index is 11.3. The molecule has 1 N–H and O–H groups in total. The zero-order valence-electron chi connectivity index (χ0n) is 11.0. The van der Waals surface area contributed by atoms with Gasteiger partial charge < -0.3 is 19.3 Å². The Morgan fingerprint density at radius 2 is 1.95 bits per heavy atom. The number of esters is 1. The van der Waals surface area contributed by atoms with Crippen molar-refractivity contribution in [3.63, 3.8) is 0 Å². The van der Waals surface area contributed by atoms with E-state index in [0.717, 1.165) is 0 Å². The van der Waals surface area contributed by atoms with Crippen molar-refractivity contribution in [2.24, 2.45) is 0 Å². The van der Waals surface area contributed by atoms with Crippen LogP contribution < -0.4 is 0 Å². The molecule has 0 aliphatic heterocycles. The SMILES string of the molecule is COC(=O)c1cccc(C#C[C@@H](O)C(OC)OC)c1. The topological polar surface area (TPSA) is 65.0 Å². The van der Waals surface area contributed by atoms with Crippen LogP contribution in [0.5, 0.6) is 0 Å². The van der Waals surface area contributed by atoms with E-state index >= 15 is 0 Å². The van der Waals surface area contributed by atoms with Crippen molar-refractivity contribution in [3.8, 4) is 11.8 Å². The average Bonchev–Trinajstić information content (AvgIpc) is 2.45. The Morgan fingerprint density at radius 3 is 2.53 bits per heavy atom. The highest BCUT2D eigenvalue weighted by Crippen LogP contribution is 2.06. The summed E-state index contributed by atoms with van der Waals surface area (Å²) in [6.07, 6.45) is -1.88. The second-order valence-electron chi connectivity index (χ2n) is 3.63. The number of hydrogen-bond donors (Lipinski definition) is 1. The summed E-state index contributed by atoms with van der Waals surface area (Å²) in [5, 5.41) is 9.68. The first kappa shape index (κ1) is 15.2. The molecule has 0 aliphatic rings. The van der Waals surface area contributed by atoms with Gasteiger partial charge in [-0.15, -0.1) is 0 Å². The molecule has 1 rings (SSSR count). The number of rotatable bonds is 4. The summed E-state index contributed by atoms with van der Waals surface area (Å²) in [6, 6.07) is 6.62. The van der Waals surface area contributed by atoms with E-state index in [0.29, 0.717) is 11.1 Å². The fourth-order valence-corrected chi connectivity index (χ4v) is 1.42. The summed E-state index contributed by atoms with van der Waals surface area (Å²) >= 11 is 0. The second kappa shape index (κ2) is 7.54. The van der Waals surface area contributed by atoms with Gasteiger partial charge in [-0.1, -0.05) is 17.9 Å². The lowest BCUT2D eigenvalue weighted by atomic mass is 10.1. The summed E-state index contributed by atoms with van der Waals surface area (Å²) in [7, 11) is 4.14. The van der Waals surface area contributed by atoms with Crippen LogP contribution in [0.3, 0.4) is 0 Å². The van der Waals surface area contributed by atoms with Crippen LogP contribution in [0.1, 0.15) is 15.9 Å². The van der Waals surface area contributed by atoms with E-state index in [1.807, 2.05) is 0 Å². The van der Waals surface area contributed by atoms with Gasteiger partial charge in [0.25, 0.3) is 0 Å². The van der Waals surface area contributed by atoms with E-state index < -0.39 is 18.4 Å². The van der Waals surface area contributed by atoms with Gasteiger partial charge >= 0.3 is 5.97 Å². The summed E-state index contributed by atoms with van der Waals surface area (Å²) in [5.74, 6) is 4.90. The standard InChI is InChI=1S/C14H16O5/c1-17-13(16)11-6-4-5-10(9-11)7-8-12(15)14(18-2)19-3/h4-6,9,12,14-15H,1-3H3/t12-/m1/s1. The van der Waals surface area contributed by atoms with Crippen LogP contribution in [0.4, 0.5) is 0 Å². The van der Waals surface area contributed by atoms with E-state index in [9.17, 15) is 9.90 Å². The van der Waals surface area contributed by atoms with Crippen molar-refractivity contribution in [3.05, 3.63) is 35.4 Å². The number of ether oxygens (including phenoxy) is 3. The zero-order valence-corrected chi connectivity index (χ0v) is 11.0. The number of carbonyl (C=O) groups excluding carboxylic acids is 1. The monoisotopic (exact) mass is 264 g/mol. The molecule has 0 heterocycles. The molecule has 0 amide bonds. The third kappa shape index (κ3) is 4.38. The fraction of sp³-hybridized carbons (Fsp3) is 0.357. The lowest BCUT2D eigenvalue weighted by Crippen LogP contribution is -2.28. The number of aliphatic hydroxyl groups is 1. The molecular formula is C14H16O5. The quantitative estimate of drug-likeness (QED) is 0.495. The van der Waals surface area contributed by atoms with Crippen LogP contribution in [0.2, 0.25) is 0 Å². The van der Waals surface area contributed by atoms with Crippen LogP contribution in [0, 0.1) is 11.8 Å². The highest BCUT2D eigenvalue weighted by atomic mass is 16.7. The largest absolute Gasteiger partial charge is 0.465 e. The minimum Gasteiger partial charge on any atom is -0.465 e. The van der Waals surface area contributed by atoms with Crippen molar-refractivity contribution >= 4 is 5.97 Å². The Kier molecular flexibility index (Phi) is 6.03. The van der Waals surface area contributed by atoms with Crippen molar-refractivity contribution in [2.75, 3.05) is 21.3 Å². The molecule has 5 heteroatoms. The maximum Gasteiger partial charge on any atom is 0.337 e. The molecule has 0 spiro atoms. The molecule has 19 heavy (non-hydrogen) atoms. The number of aliphatic hydroxyl groups excluding tert-OH is 1. The van der Waals surface area contributed by atoms with Gasteiger partial charge in [0, 0.05) is 19.8 Å². The number of hydrogen-bond acceptors (Lipinski definition) is 5. The van der Waals surface area contributed by atoms with Gasteiger partial charge in [-0.3, -0.25) is 0 Å². The highest BCUT2D eigenvalue weighted by molar-refractivity contribution is 5.89. The van der Waals surface area contributed by atoms with Crippen LogP contribution >= 0.6 is 0 Å². The summed E-state index contributed by atoms with van der Waals surface area (Å²) in [5.41, 5.74) is 0.992. The van der Waals surface area contributed by atoms with Crippen molar-refractivity contribution in [1.82, 2.24) is 0 Å². The second-order valence-corrected chi connectivity index (χ2v) is 3.63. The van der Waals surface area contributed by atoms with Crippen molar-refractivity contribution in [1.29, 1.82) is 0 Å². The third-order valence-electron chi connectivity index (χ3n) is 2.37. The molecule has 0 fully saturated rings. The van der Waals surface area contributed by atoms with E-state index in [4.69, 9.17) is 9.47 Å².